The summed E-state index contributed by atoms with van der Waals surface area (Å²) < 4.78 is 5.31. The van der Waals surface area contributed by atoms with E-state index in [0.29, 0.717) is 16.2 Å². The number of ether oxygens (including phenoxy) is 1. The molecule has 0 aliphatic carbocycles. The molecule has 0 spiro atoms. The smallest absolute Gasteiger partial charge is 0.194 e. The van der Waals surface area contributed by atoms with Crippen LogP contribution in [0.3, 0.4) is 0 Å². The van der Waals surface area contributed by atoms with Crippen LogP contribution in [0.2, 0.25) is 0 Å². The Hall–Kier alpha value is -2.12. The molecular weight excluding hydrogens is 282 g/mol. The molecule has 108 valence electrons. The average Bonchev–Trinajstić information content (AvgIpc) is 2.96. The summed E-state index contributed by atoms with van der Waals surface area (Å²) in [6.45, 7) is 3.94. The van der Waals surface area contributed by atoms with Crippen molar-refractivity contribution in [1.29, 1.82) is 5.26 Å². The van der Waals surface area contributed by atoms with Gasteiger partial charge >= 0.3 is 0 Å². The van der Waals surface area contributed by atoms with Crippen LogP contribution in [0.1, 0.15) is 39.2 Å². The van der Waals surface area contributed by atoms with E-state index in [-0.39, 0.29) is 5.78 Å². The lowest BCUT2D eigenvalue weighted by Gasteiger charge is -2.14. The topological polar surface area (TPSA) is 50.1 Å². The molecule has 2 rings (SSSR count). The lowest BCUT2D eigenvalue weighted by atomic mass is 9.92. The largest absolute Gasteiger partial charge is 0.496 e. The predicted octanol–water partition coefficient (Wildman–Crippen LogP) is 4.12. The first kappa shape index (κ1) is 15.3. The molecule has 0 aliphatic heterocycles. The Morgan fingerprint density at radius 1 is 1.43 bits per heavy atom. The Morgan fingerprint density at radius 3 is 2.81 bits per heavy atom. The van der Waals surface area contributed by atoms with E-state index in [1.165, 1.54) is 11.3 Å². The molecule has 0 saturated carbocycles. The molecule has 0 saturated heterocycles. The maximum absolute atomic E-state index is 12.7. The highest BCUT2D eigenvalue weighted by atomic mass is 32.1. The van der Waals surface area contributed by atoms with Crippen LogP contribution in [-0.2, 0) is 6.42 Å². The standard InChI is InChI=1S/C17H17NO2S/c1-4-12-7-8-21-17(12)16(19)14(10-18)13-9-11(2)5-6-15(13)20-3/h5-9,14H,4H2,1-3H3. The van der Waals surface area contributed by atoms with Crippen molar-refractivity contribution in [2.75, 3.05) is 7.11 Å². The Balaban J connectivity index is 2.48. The van der Waals surface area contributed by atoms with Crippen LogP contribution in [0.25, 0.3) is 0 Å². The zero-order valence-electron chi connectivity index (χ0n) is 12.3. The van der Waals surface area contributed by atoms with Crippen molar-refractivity contribution in [2.45, 2.75) is 26.2 Å². The van der Waals surface area contributed by atoms with Gasteiger partial charge in [-0.05, 0) is 36.4 Å². The molecule has 0 amide bonds. The summed E-state index contributed by atoms with van der Waals surface area (Å²) in [5, 5.41) is 11.4. The van der Waals surface area contributed by atoms with E-state index in [1.807, 2.05) is 37.4 Å². The first-order valence-corrected chi connectivity index (χ1v) is 7.65. The summed E-state index contributed by atoms with van der Waals surface area (Å²) >= 11 is 1.40. The highest BCUT2D eigenvalue weighted by molar-refractivity contribution is 7.12. The monoisotopic (exact) mass is 299 g/mol. The van der Waals surface area contributed by atoms with Gasteiger partial charge in [0.05, 0.1) is 18.1 Å². The lowest BCUT2D eigenvalue weighted by molar-refractivity contribution is 0.0981. The van der Waals surface area contributed by atoms with Crippen LogP contribution in [0.4, 0.5) is 0 Å². The van der Waals surface area contributed by atoms with Crippen molar-refractivity contribution in [3.63, 3.8) is 0 Å². The van der Waals surface area contributed by atoms with Crippen molar-refractivity contribution in [2.24, 2.45) is 0 Å². The number of aryl methyl sites for hydroxylation is 2. The number of carbonyl (C=O) groups excluding carboxylic acids is 1. The number of nitriles is 1. The molecule has 0 N–H and O–H groups in total. The number of hydrogen-bond acceptors (Lipinski definition) is 4. The second kappa shape index (κ2) is 6.55. The summed E-state index contributed by atoms with van der Waals surface area (Å²) in [4.78, 5) is 13.4. The van der Waals surface area contributed by atoms with Crippen molar-refractivity contribution in [1.82, 2.24) is 0 Å². The van der Waals surface area contributed by atoms with Crippen LogP contribution in [-0.4, -0.2) is 12.9 Å². The highest BCUT2D eigenvalue weighted by Gasteiger charge is 2.27. The summed E-state index contributed by atoms with van der Waals surface area (Å²) in [6.07, 6.45) is 0.785. The van der Waals surface area contributed by atoms with Crippen molar-refractivity contribution >= 4 is 17.1 Å². The number of Topliss-reactive ketones (excluding diaryl/α,β-unsaturated/α-hetero) is 1. The summed E-state index contributed by atoms with van der Waals surface area (Å²) in [5.41, 5.74) is 2.64. The summed E-state index contributed by atoms with van der Waals surface area (Å²) in [6, 6.07) is 9.64. The molecule has 1 aromatic heterocycles. The van der Waals surface area contributed by atoms with Gasteiger partial charge in [-0.3, -0.25) is 4.79 Å². The van der Waals surface area contributed by atoms with Gasteiger partial charge in [-0.25, -0.2) is 0 Å². The van der Waals surface area contributed by atoms with Crippen LogP contribution >= 0.6 is 11.3 Å². The fraction of sp³-hybridized carbons (Fsp3) is 0.294. The number of ketones is 1. The molecule has 1 unspecified atom stereocenters. The van der Waals surface area contributed by atoms with Gasteiger partial charge in [-0.15, -0.1) is 11.3 Å². The van der Waals surface area contributed by atoms with E-state index >= 15 is 0 Å². The summed E-state index contributed by atoms with van der Waals surface area (Å²) in [7, 11) is 1.55. The Kier molecular flexibility index (Phi) is 4.77. The van der Waals surface area contributed by atoms with E-state index in [9.17, 15) is 10.1 Å². The van der Waals surface area contributed by atoms with Crippen LogP contribution < -0.4 is 4.74 Å². The number of rotatable bonds is 5. The van der Waals surface area contributed by atoms with Gasteiger partial charge in [-0.1, -0.05) is 24.6 Å². The van der Waals surface area contributed by atoms with Crippen molar-refractivity contribution < 1.29 is 9.53 Å². The van der Waals surface area contributed by atoms with E-state index in [4.69, 9.17) is 4.74 Å². The second-order valence-electron chi connectivity index (χ2n) is 4.80. The first-order valence-electron chi connectivity index (χ1n) is 6.77. The van der Waals surface area contributed by atoms with Gasteiger partial charge < -0.3 is 4.74 Å². The van der Waals surface area contributed by atoms with Gasteiger partial charge in [0.15, 0.2) is 5.78 Å². The number of thiophene rings is 1. The second-order valence-corrected chi connectivity index (χ2v) is 5.72. The number of methoxy groups -OCH3 is 1. The lowest BCUT2D eigenvalue weighted by Crippen LogP contribution is -2.12. The molecule has 2 aromatic rings. The van der Waals surface area contributed by atoms with Crippen LogP contribution in [0, 0.1) is 18.3 Å². The number of carbonyl (C=O) groups is 1. The van der Waals surface area contributed by atoms with Gasteiger partial charge in [0.1, 0.15) is 11.7 Å². The molecule has 0 bridgehead atoms. The third-order valence-corrected chi connectivity index (χ3v) is 4.41. The molecule has 1 aromatic carbocycles. The Bertz CT molecular complexity index is 697. The highest BCUT2D eigenvalue weighted by Crippen LogP contribution is 2.32. The van der Waals surface area contributed by atoms with E-state index < -0.39 is 5.92 Å². The maximum Gasteiger partial charge on any atom is 0.194 e. The Labute approximate surface area is 128 Å². The number of nitrogens with zero attached hydrogens (tertiary/aromatic N) is 1. The maximum atomic E-state index is 12.7. The van der Waals surface area contributed by atoms with E-state index in [1.54, 1.807) is 13.2 Å². The third kappa shape index (κ3) is 2.98. The molecule has 21 heavy (non-hydrogen) atoms. The number of benzene rings is 1. The molecule has 1 atom stereocenters. The van der Waals surface area contributed by atoms with E-state index in [0.717, 1.165) is 17.5 Å². The summed E-state index contributed by atoms with van der Waals surface area (Å²) in [5.74, 6) is -0.396. The van der Waals surface area contributed by atoms with Crippen molar-refractivity contribution in [3.8, 4) is 11.8 Å². The van der Waals surface area contributed by atoms with Gasteiger partial charge in [-0.2, -0.15) is 5.26 Å². The average molecular weight is 299 g/mol. The van der Waals surface area contributed by atoms with Gasteiger partial charge in [0.25, 0.3) is 0 Å². The fourth-order valence-electron chi connectivity index (χ4n) is 2.31. The zero-order chi connectivity index (χ0) is 15.4. The fourth-order valence-corrected chi connectivity index (χ4v) is 3.28. The van der Waals surface area contributed by atoms with Gasteiger partial charge in [0.2, 0.25) is 0 Å². The molecule has 1 heterocycles. The molecule has 0 fully saturated rings. The number of hydrogen-bond donors (Lipinski definition) is 0. The van der Waals surface area contributed by atoms with Crippen molar-refractivity contribution in [3.05, 3.63) is 51.2 Å². The van der Waals surface area contributed by atoms with Gasteiger partial charge in [0, 0.05) is 5.56 Å². The molecular formula is C17H17NO2S. The first-order chi connectivity index (χ1) is 10.1. The van der Waals surface area contributed by atoms with Crippen LogP contribution in [0.5, 0.6) is 5.75 Å². The van der Waals surface area contributed by atoms with E-state index in [2.05, 4.69) is 6.07 Å². The zero-order valence-corrected chi connectivity index (χ0v) is 13.2. The Morgan fingerprint density at radius 2 is 2.19 bits per heavy atom. The van der Waals surface area contributed by atoms with Crippen LogP contribution in [0.15, 0.2) is 29.6 Å². The molecule has 4 heteroatoms. The third-order valence-electron chi connectivity index (χ3n) is 3.44. The molecule has 0 aliphatic rings. The quantitative estimate of drug-likeness (QED) is 0.780. The SMILES string of the molecule is CCc1ccsc1C(=O)C(C#N)c1cc(C)ccc1OC. The normalized spacial score (nSPS) is 11.7. The minimum absolute atomic E-state index is 0.145. The minimum Gasteiger partial charge on any atom is -0.496 e. The molecule has 0 radical (unpaired) electrons. The molecule has 3 nitrogen and oxygen atoms in total. The minimum atomic E-state index is -0.830. The predicted molar refractivity (Wildman–Crippen MR) is 84.1 cm³/mol.